The Morgan fingerprint density at radius 1 is 1.26 bits per heavy atom. The van der Waals surface area contributed by atoms with Crippen LogP contribution in [-0.2, 0) is 6.42 Å². The van der Waals surface area contributed by atoms with E-state index in [0.29, 0.717) is 19.0 Å². The van der Waals surface area contributed by atoms with Gasteiger partial charge in [0, 0.05) is 13.1 Å². The number of likely N-dealkylation sites (tertiary alicyclic amines) is 1. The molecule has 1 heterocycles. The van der Waals surface area contributed by atoms with Gasteiger partial charge in [-0.1, -0.05) is 12.1 Å². The predicted molar refractivity (Wildman–Crippen MR) is 71.7 cm³/mol. The minimum atomic E-state index is -0.806. The third-order valence-corrected chi connectivity index (χ3v) is 3.87. The SMILES string of the molecule is O=C(O)N1CCCC(CCc2ccc(F)cc2)CC1. The normalized spacial score (nSPS) is 20.1. The zero-order valence-corrected chi connectivity index (χ0v) is 11.0. The van der Waals surface area contributed by atoms with E-state index in [2.05, 4.69) is 0 Å². The van der Waals surface area contributed by atoms with Crippen molar-refractivity contribution >= 4 is 6.09 Å². The third kappa shape index (κ3) is 4.23. The summed E-state index contributed by atoms with van der Waals surface area (Å²) in [5, 5.41) is 8.97. The van der Waals surface area contributed by atoms with Crippen LogP contribution >= 0.6 is 0 Å². The van der Waals surface area contributed by atoms with Gasteiger partial charge in [-0.05, 0) is 55.7 Å². The molecule has 19 heavy (non-hydrogen) atoms. The molecule has 0 radical (unpaired) electrons. The molecule has 1 saturated heterocycles. The quantitative estimate of drug-likeness (QED) is 0.908. The number of carbonyl (C=O) groups is 1. The second-order valence-corrected chi connectivity index (χ2v) is 5.23. The van der Waals surface area contributed by atoms with Gasteiger partial charge in [-0.15, -0.1) is 0 Å². The van der Waals surface area contributed by atoms with Crippen molar-refractivity contribution in [2.24, 2.45) is 5.92 Å². The monoisotopic (exact) mass is 265 g/mol. The molecule has 0 aliphatic carbocycles. The number of hydrogen-bond donors (Lipinski definition) is 1. The van der Waals surface area contributed by atoms with E-state index in [1.165, 1.54) is 17.0 Å². The Hall–Kier alpha value is -1.58. The molecule has 1 aliphatic heterocycles. The highest BCUT2D eigenvalue weighted by Gasteiger charge is 2.19. The first-order chi connectivity index (χ1) is 9.15. The minimum Gasteiger partial charge on any atom is -0.465 e. The molecular formula is C15H20FNO2. The van der Waals surface area contributed by atoms with Gasteiger partial charge in [0.15, 0.2) is 0 Å². The zero-order chi connectivity index (χ0) is 13.7. The van der Waals surface area contributed by atoms with Crippen molar-refractivity contribution in [1.82, 2.24) is 4.90 Å². The Balaban J connectivity index is 1.80. The second-order valence-electron chi connectivity index (χ2n) is 5.23. The summed E-state index contributed by atoms with van der Waals surface area (Å²) < 4.78 is 12.8. The van der Waals surface area contributed by atoms with E-state index in [1.807, 2.05) is 12.1 Å². The van der Waals surface area contributed by atoms with Crippen LogP contribution in [0, 0.1) is 11.7 Å². The summed E-state index contributed by atoms with van der Waals surface area (Å²) in [6.07, 6.45) is 4.16. The lowest BCUT2D eigenvalue weighted by Gasteiger charge is -2.16. The lowest BCUT2D eigenvalue weighted by molar-refractivity contribution is 0.146. The Morgan fingerprint density at radius 3 is 2.68 bits per heavy atom. The summed E-state index contributed by atoms with van der Waals surface area (Å²) in [5.74, 6) is 0.379. The van der Waals surface area contributed by atoms with Gasteiger partial charge in [0.2, 0.25) is 0 Å². The highest BCUT2D eigenvalue weighted by Crippen LogP contribution is 2.22. The molecule has 1 fully saturated rings. The van der Waals surface area contributed by atoms with Crippen LogP contribution in [0.4, 0.5) is 9.18 Å². The lowest BCUT2D eigenvalue weighted by atomic mass is 9.93. The maximum Gasteiger partial charge on any atom is 0.407 e. The van der Waals surface area contributed by atoms with Crippen molar-refractivity contribution in [3.05, 3.63) is 35.6 Å². The average molecular weight is 265 g/mol. The average Bonchev–Trinajstić information content (AvgIpc) is 2.63. The van der Waals surface area contributed by atoms with Crippen molar-refractivity contribution in [2.45, 2.75) is 32.1 Å². The van der Waals surface area contributed by atoms with Gasteiger partial charge in [0.1, 0.15) is 5.82 Å². The van der Waals surface area contributed by atoms with Crippen molar-refractivity contribution in [3.63, 3.8) is 0 Å². The summed E-state index contributed by atoms with van der Waals surface area (Å²) in [6, 6.07) is 6.65. The van der Waals surface area contributed by atoms with E-state index in [-0.39, 0.29) is 5.82 Å². The molecule has 1 N–H and O–H groups in total. The van der Waals surface area contributed by atoms with Gasteiger partial charge in [-0.3, -0.25) is 0 Å². The standard InChI is InChI=1S/C15H20FNO2/c16-14-7-5-13(6-8-14)4-3-12-2-1-10-17(11-9-12)15(18)19/h5-8,12H,1-4,9-11H2,(H,18,19). The molecule has 0 spiro atoms. The fourth-order valence-corrected chi connectivity index (χ4v) is 2.67. The first kappa shape index (κ1) is 13.8. The largest absolute Gasteiger partial charge is 0.465 e. The molecule has 4 heteroatoms. The van der Waals surface area contributed by atoms with Crippen LogP contribution in [0.1, 0.15) is 31.2 Å². The highest BCUT2D eigenvalue weighted by atomic mass is 19.1. The van der Waals surface area contributed by atoms with Crippen LogP contribution in [0.2, 0.25) is 0 Å². The van der Waals surface area contributed by atoms with Crippen LogP contribution in [0.15, 0.2) is 24.3 Å². The maximum atomic E-state index is 12.8. The summed E-state index contributed by atoms with van der Waals surface area (Å²) in [5.41, 5.74) is 1.15. The second kappa shape index (κ2) is 6.55. The molecule has 0 saturated carbocycles. The van der Waals surface area contributed by atoms with E-state index in [0.717, 1.165) is 37.7 Å². The van der Waals surface area contributed by atoms with E-state index in [1.54, 1.807) is 0 Å². The van der Waals surface area contributed by atoms with Gasteiger partial charge in [-0.2, -0.15) is 0 Å². The number of aryl methyl sites for hydroxylation is 1. The minimum absolute atomic E-state index is 0.199. The first-order valence-corrected chi connectivity index (χ1v) is 6.87. The van der Waals surface area contributed by atoms with Crippen LogP contribution in [0.3, 0.4) is 0 Å². The lowest BCUT2D eigenvalue weighted by Crippen LogP contribution is -2.30. The molecule has 3 nitrogen and oxygen atoms in total. The number of rotatable bonds is 3. The Bertz CT molecular complexity index is 419. The number of hydrogen-bond acceptors (Lipinski definition) is 1. The number of amides is 1. The summed E-state index contributed by atoms with van der Waals surface area (Å²) in [6.45, 7) is 1.30. The van der Waals surface area contributed by atoms with Gasteiger partial charge in [0.25, 0.3) is 0 Å². The van der Waals surface area contributed by atoms with Gasteiger partial charge < -0.3 is 10.0 Å². The van der Waals surface area contributed by atoms with Crippen molar-refractivity contribution in [2.75, 3.05) is 13.1 Å². The summed E-state index contributed by atoms with van der Waals surface area (Å²) in [7, 11) is 0. The predicted octanol–water partition coefficient (Wildman–Crippen LogP) is 3.54. The molecule has 2 rings (SSSR count). The molecule has 1 aliphatic rings. The van der Waals surface area contributed by atoms with Gasteiger partial charge in [-0.25, -0.2) is 9.18 Å². The van der Waals surface area contributed by atoms with E-state index in [4.69, 9.17) is 5.11 Å². The highest BCUT2D eigenvalue weighted by molar-refractivity contribution is 5.64. The maximum absolute atomic E-state index is 12.8. The smallest absolute Gasteiger partial charge is 0.407 e. The molecular weight excluding hydrogens is 245 g/mol. The zero-order valence-electron chi connectivity index (χ0n) is 11.0. The summed E-state index contributed by atoms with van der Waals surface area (Å²) in [4.78, 5) is 12.4. The number of halogens is 1. The molecule has 1 aromatic rings. The molecule has 0 bridgehead atoms. The molecule has 104 valence electrons. The molecule has 1 amide bonds. The van der Waals surface area contributed by atoms with Gasteiger partial charge >= 0.3 is 6.09 Å². The Morgan fingerprint density at radius 2 is 2.00 bits per heavy atom. The fraction of sp³-hybridized carbons (Fsp3) is 0.533. The number of carboxylic acid groups (broad SMARTS) is 1. The molecule has 0 aromatic heterocycles. The van der Waals surface area contributed by atoms with E-state index in [9.17, 15) is 9.18 Å². The van der Waals surface area contributed by atoms with Crippen LogP contribution in [0.5, 0.6) is 0 Å². The number of benzene rings is 1. The third-order valence-electron chi connectivity index (χ3n) is 3.87. The fourth-order valence-electron chi connectivity index (χ4n) is 2.67. The molecule has 1 aromatic carbocycles. The van der Waals surface area contributed by atoms with Crippen molar-refractivity contribution in [1.29, 1.82) is 0 Å². The van der Waals surface area contributed by atoms with Crippen LogP contribution in [-0.4, -0.2) is 29.2 Å². The Kier molecular flexibility index (Phi) is 4.77. The van der Waals surface area contributed by atoms with Gasteiger partial charge in [0.05, 0.1) is 0 Å². The van der Waals surface area contributed by atoms with Crippen LogP contribution < -0.4 is 0 Å². The van der Waals surface area contributed by atoms with E-state index < -0.39 is 6.09 Å². The Labute approximate surface area is 113 Å². The van der Waals surface area contributed by atoms with Crippen molar-refractivity contribution in [3.8, 4) is 0 Å². The van der Waals surface area contributed by atoms with Crippen LogP contribution in [0.25, 0.3) is 0 Å². The van der Waals surface area contributed by atoms with Crippen molar-refractivity contribution < 1.29 is 14.3 Å². The molecule has 1 atom stereocenters. The topological polar surface area (TPSA) is 40.5 Å². The van der Waals surface area contributed by atoms with E-state index >= 15 is 0 Å². The molecule has 1 unspecified atom stereocenters. The number of nitrogens with zero attached hydrogens (tertiary/aromatic N) is 1. The summed E-state index contributed by atoms with van der Waals surface area (Å²) >= 11 is 0. The first-order valence-electron chi connectivity index (χ1n) is 6.87.